The van der Waals surface area contributed by atoms with Gasteiger partial charge in [0.05, 0.1) is 4.92 Å². The first-order valence-corrected chi connectivity index (χ1v) is 7.00. The average molecular weight is 303 g/mol. The van der Waals surface area contributed by atoms with Gasteiger partial charge in [0.1, 0.15) is 5.70 Å². The largest absolute Gasteiger partial charge is 0.337 e. The van der Waals surface area contributed by atoms with Crippen LogP contribution in [0.5, 0.6) is 0 Å². The molecule has 7 nitrogen and oxygen atoms in total. The summed E-state index contributed by atoms with van der Waals surface area (Å²) in [5, 5.41) is 13.3. The Bertz CT molecular complexity index is 633. The molecule has 22 heavy (non-hydrogen) atoms. The van der Waals surface area contributed by atoms with Gasteiger partial charge >= 0.3 is 0 Å². The van der Waals surface area contributed by atoms with Gasteiger partial charge in [-0.25, -0.2) is 0 Å². The van der Waals surface area contributed by atoms with Crippen LogP contribution in [0.4, 0.5) is 5.69 Å². The molecule has 0 aromatic heterocycles. The highest BCUT2D eigenvalue weighted by molar-refractivity contribution is 6.01. The molecule has 0 atom stereocenters. The third kappa shape index (κ3) is 3.91. The molecule has 2 amide bonds. The van der Waals surface area contributed by atoms with Crippen LogP contribution < -0.4 is 5.32 Å². The molecule has 0 radical (unpaired) electrons. The SMILES string of the molecule is CC(=O)NC(=Cc1cccc([N+](=O)[O-])c1)C(=O)N1CCCC1. The first-order chi connectivity index (χ1) is 10.5. The van der Waals surface area contributed by atoms with Gasteiger partial charge in [-0.2, -0.15) is 0 Å². The topological polar surface area (TPSA) is 92.5 Å². The maximum Gasteiger partial charge on any atom is 0.270 e. The second-order valence-corrected chi connectivity index (χ2v) is 5.09. The molecular formula is C15H17N3O4. The van der Waals surface area contributed by atoms with Crippen LogP contribution in [0.25, 0.3) is 6.08 Å². The molecular weight excluding hydrogens is 286 g/mol. The average Bonchev–Trinajstić information content (AvgIpc) is 2.99. The van der Waals surface area contributed by atoms with Crippen molar-refractivity contribution in [3.05, 3.63) is 45.6 Å². The number of nitro benzene ring substituents is 1. The maximum absolute atomic E-state index is 12.4. The van der Waals surface area contributed by atoms with Crippen molar-refractivity contribution in [3.8, 4) is 0 Å². The van der Waals surface area contributed by atoms with Crippen molar-refractivity contribution in [3.63, 3.8) is 0 Å². The van der Waals surface area contributed by atoms with Crippen LogP contribution in [0.3, 0.4) is 0 Å². The van der Waals surface area contributed by atoms with Crippen molar-refractivity contribution >= 4 is 23.6 Å². The normalized spacial score (nSPS) is 14.8. The Morgan fingerprint density at radius 2 is 2.00 bits per heavy atom. The lowest BCUT2D eigenvalue weighted by atomic mass is 10.1. The van der Waals surface area contributed by atoms with Crippen molar-refractivity contribution in [2.75, 3.05) is 13.1 Å². The monoisotopic (exact) mass is 303 g/mol. The summed E-state index contributed by atoms with van der Waals surface area (Å²) < 4.78 is 0. The minimum Gasteiger partial charge on any atom is -0.337 e. The zero-order chi connectivity index (χ0) is 16.1. The third-order valence-corrected chi connectivity index (χ3v) is 3.33. The van der Waals surface area contributed by atoms with E-state index in [2.05, 4.69) is 5.32 Å². The summed E-state index contributed by atoms with van der Waals surface area (Å²) in [5.74, 6) is -0.622. The minimum absolute atomic E-state index is 0.0652. The van der Waals surface area contributed by atoms with Crippen LogP contribution in [0.15, 0.2) is 30.0 Å². The zero-order valence-electron chi connectivity index (χ0n) is 12.2. The van der Waals surface area contributed by atoms with E-state index in [0.29, 0.717) is 18.7 Å². The fourth-order valence-electron chi connectivity index (χ4n) is 2.33. The van der Waals surface area contributed by atoms with E-state index >= 15 is 0 Å². The van der Waals surface area contributed by atoms with E-state index in [1.807, 2.05) is 0 Å². The predicted octanol–water partition coefficient (Wildman–Crippen LogP) is 1.69. The van der Waals surface area contributed by atoms with Crippen LogP contribution in [0.2, 0.25) is 0 Å². The van der Waals surface area contributed by atoms with Gasteiger partial charge in [-0.15, -0.1) is 0 Å². The Hall–Kier alpha value is -2.70. The molecule has 1 aromatic carbocycles. The molecule has 1 N–H and O–H groups in total. The molecule has 0 bridgehead atoms. The van der Waals surface area contributed by atoms with Crippen LogP contribution >= 0.6 is 0 Å². The molecule has 2 rings (SSSR count). The summed E-state index contributed by atoms with van der Waals surface area (Å²) in [6.07, 6.45) is 3.35. The van der Waals surface area contributed by atoms with Gasteiger partial charge in [0.25, 0.3) is 11.6 Å². The summed E-state index contributed by atoms with van der Waals surface area (Å²) in [6.45, 7) is 2.63. The van der Waals surface area contributed by atoms with Crippen molar-refractivity contribution < 1.29 is 14.5 Å². The number of nitrogens with one attached hydrogen (secondary N) is 1. The van der Waals surface area contributed by atoms with Gasteiger partial charge in [0, 0.05) is 32.1 Å². The van der Waals surface area contributed by atoms with Crippen LogP contribution in [0.1, 0.15) is 25.3 Å². The molecule has 0 spiro atoms. The van der Waals surface area contributed by atoms with E-state index in [4.69, 9.17) is 0 Å². The molecule has 1 aliphatic rings. The van der Waals surface area contributed by atoms with Crippen molar-refractivity contribution in [2.24, 2.45) is 0 Å². The fourth-order valence-corrected chi connectivity index (χ4v) is 2.33. The second kappa shape index (κ2) is 6.84. The highest BCUT2D eigenvalue weighted by atomic mass is 16.6. The second-order valence-electron chi connectivity index (χ2n) is 5.09. The number of hydrogen-bond donors (Lipinski definition) is 1. The molecule has 1 heterocycles. The lowest BCUT2D eigenvalue weighted by Crippen LogP contribution is -2.35. The number of carbonyl (C=O) groups is 2. The lowest BCUT2D eigenvalue weighted by molar-refractivity contribution is -0.384. The Labute approximate surface area is 127 Å². The molecule has 7 heteroatoms. The number of benzene rings is 1. The van der Waals surface area contributed by atoms with E-state index in [1.54, 1.807) is 11.0 Å². The third-order valence-electron chi connectivity index (χ3n) is 3.33. The van der Waals surface area contributed by atoms with Crippen LogP contribution in [-0.4, -0.2) is 34.7 Å². The first kappa shape index (κ1) is 15.7. The molecule has 1 fully saturated rings. The highest BCUT2D eigenvalue weighted by Crippen LogP contribution is 2.17. The van der Waals surface area contributed by atoms with Crippen molar-refractivity contribution in [1.29, 1.82) is 0 Å². The standard InChI is InChI=1S/C15H17N3O4/c1-11(19)16-14(15(20)17-7-2-3-8-17)10-12-5-4-6-13(9-12)18(21)22/h4-6,9-10H,2-3,7-8H2,1H3,(H,16,19). The molecule has 0 aliphatic carbocycles. The van der Waals surface area contributed by atoms with Gasteiger partial charge in [-0.3, -0.25) is 19.7 Å². The fraction of sp³-hybridized carbons (Fsp3) is 0.333. The number of hydrogen-bond acceptors (Lipinski definition) is 4. The molecule has 1 aromatic rings. The number of carbonyl (C=O) groups excluding carboxylic acids is 2. The molecule has 116 valence electrons. The smallest absolute Gasteiger partial charge is 0.270 e. The Balaban J connectivity index is 2.31. The molecule has 1 aliphatic heterocycles. The van der Waals surface area contributed by atoms with Gasteiger partial charge in [0.15, 0.2) is 0 Å². The van der Waals surface area contributed by atoms with Gasteiger partial charge < -0.3 is 10.2 Å². The van der Waals surface area contributed by atoms with E-state index in [0.717, 1.165) is 12.8 Å². The van der Waals surface area contributed by atoms with Crippen LogP contribution in [-0.2, 0) is 9.59 Å². The zero-order valence-corrected chi connectivity index (χ0v) is 12.2. The van der Waals surface area contributed by atoms with Crippen LogP contribution in [0, 0.1) is 10.1 Å². The Kier molecular flexibility index (Phi) is 4.88. The number of nitro groups is 1. The van der Waals surface area contributed by atoms with E-state index < -0.39 is 4.92 Å². The summed E-state index contributed by atoms with van der Waals surface area (Å²) in [4.78, 5) is 35.7. The predicted molar refractivity (Wildman–Crippen MR) is 80.7 cm³/mol. The highest BCUT2D eigenvalue weighted by Gasteiger charge is 2.22. The summed E-state index contributed by atoms with van der Waals surface area (Å²) in [7, 11) is 0. The number of nitrogens with zero attached hydrogens (tertiary/aromatic N) is 2. The number of rotatable bonds is 4. The lowest BCUT2D eigenvalue weighted by Gasteiger charge is -2.17. The van der Waals surface area contributed by atoms with E-state index in [1.165, 1.54) is 31.2 Å². The van der Waals surface area contributed by atoms with E-state index in [-0.39, 0.29) is 23.2 Å². The molecule has 1 saturated heterocycles. The maximum atomic E-state index is 12.4. The number of amides is 2. The van der Waals surface area contributed by atoms with Gasteiger partial charge in [-0.05, 0) is 24.5 Å². The molecule has 0 saturated carbocycles. The van der Waals surface area contributed by atoms with Gasteiger partial charge in [0.2, 0.25) is 5.91 Å². The first-order valence-electron chi connectivity index (χ1n) is 7.00. The number of likely N-dealkylation sites (tertiary alicyclic amines) is 1. The van der Waals surface area contributed by atoms with Crippen molar-refractivity contribution in [1.82, 2.24) is 10.2 Å². The Morgan fingerprint density at radius 1 is 1.32 bits per heavy atom. The van der Waals surface area contributed by atoms with Crippen molar-refractivity contribution in [2.45, 2.75) is 19.8 Å². The molecule has 0 unspecified atom stereocenters. The summed E-state index contributed by atoms with van der Waals surface area (Å²) in [6, 6.07) is 5.92. The Morgan fingerprint density at radius 3 is 2.59 bits per heavy atom. The van der Waals surface area contributed by atoms with Gasteiger partial charge in [-0.1, -0.05) is 12.1 Å². The quantitative estimate of drug-likeness (QED) is 0.520. The summed E-state index contributed by atoms with van der Waals surface area (Å²) in [5.41, 5.74) is 0.560. The number of non-ortho nitro benzene ring substituents is 1. The van der Waals surface area contributed by atoms with E-state index in [9.17, 15) is 19.7 Å². The minimum atomic E-state index is -0.502. The summed E-state index contributed by atoms with van der Waals surface area (Å²) >= 11 is 0.